The Kier molecular flexibility index (Phi) is 3.43. The normalized spacial score (nSPS) is 12.2. The molecule has 0 atom stereocenters. The number of halogens is 4. The number of rotatable bonds is 1. The SMILES string of the molecule is O=c1c(-c2cn3cc(Br)ccc3n2)cnc2ccc(C(F)(F)F)cn12. The summed E-state index contributed by atoms with van der Waals surface area (Å²) in [7, 11) is 0. The van der Waals surface area contributed by atoms with Gasteiger partial charge in [0.05, 0.1) is 16.8 Å². The molecule has 5 nitrogen and oxygen atoms in total. The monoisotopic (exact) mass is 408 g/mol. The van der Waals surface area contributed by atoms with Crippen molar-refractivity contribution in [2.45, 2.75) is 6.18 Å². The lowest BCUT2D eigenvalue weighted by atomic mass is 10.2. The number of nitrogens with zero attached hydrogens (tertiary/aromatic N) is 4. The highest BCUT2D eigenvalue weighted by molar-refractivity contribution is 9.10. The second-order valence-electron chi connectivity index (χ2n) is 5.36. The number of pyridine rings is 2. The van der Waals surface area contributed by atoms with Gasteiger partial charge in [-0.1, -0.05) is 0 Å². The predicted octanol–water partition coefficient (Wildman–Crippen LogP) is 3.79. The molecule has 25 heavy (non-hydrogen) atoms. The summed E-state index contributed by atoms with van der Waals surface area (Å²) in [4.78, 5) is 21.0. The number of hydrogen-bond donors (Lipinski definition) is 0. The minimum Gasteiger partial charge on any atom is -0.305 e. The number of fused-ring (bicyclic) bond motifs is 2. The van der Waals surface area contributed by atoms with E-state index in [1.54, 1.807) is 28.9 Å². The molecule has 9 heteroatoms. The average molecular weight is 409 g/mol. The van der Waals surface area contributed by atoms with Crippen LogP contribution in [0, 0.1) is 0 Å². The van der Waals surface area contributed by atoms with Gasteiger partial charge in [0.15, 0.2) is 0 Å². The summed E-state index contributed by atoms with van der Waals surface area (Å²) in [6.45, 7) is 0. The Morgan fingerprint density at radius 3 is 2.52 bits per heavy atom. The quantitative estimate of drug-likeness (QED) is 0.481. The number of imidazole rings is 1. The van der Waals surface area contributed by atoms with E-state index in [1.165, 1.54) is 6.20 Å². The summed E-state index contributed by atoms with van der Waals surface area (Å²) in [6, 6.07) is 5.60. The maximum absolute atomic E-state index is 12.9. The molecule has 126 valence electrons. The van der Waals surface area contributed by atoms with Crippen LogP contribution in [0.4, 0.5) is 13.2 Å². The van der Waals surface area contributed by atoms with E-state index in [2.05, 4.69) is 25.9 Å². The highest BCUT2D eigenvalue weighted by Gasteiger charge is 2.31. The molecule has 0 spiro atoms. The maximum atomic E-state index is 12.9. The van der Waals surface area contributed by atoms with Crippen LogP contribution < -0.4 is 5.56 Å². The molecule has 0 aliphatic heterocycles. The van der Waals surface area contributed by atoms with Gasteiger partial charge in [0.1, 0.15) is 11.3 Å². The molecule has 0 radical (unpaired) electrons. The highest BCUT2D eigenvalue weighted by Crippen LogP contribution is 2.29. The zero-order chi connectivity index (χ0) is 17.8. The van der Waals surface area contributed by atoms with Gasteiger partial charge in [0.2, 0.25) is 0 Å². The second-order valence-corrected chi connectivity index (χ2v) is 6.28. The van der Waals surface area contributed by atoms with Crippen molar-refractivity contribution in [2.24, 2.45) is 0 Å². The van der Waals surface area contributed by atoms with Gasteiger partial charge in [-0.2, -0.15) is 13.2 Å². The summed E-state index contributed by atoms with van der Waals surface area (Å²) in [5.74, 6) is 0. The van der Waals surface area contributed by atoms with Crippen molar-refractivity contribution >= 4 is 27.2 Å². The van der Waals surface area contributed by atoms with E-state index in [0.717, 1.165) is 27.2 Å². The summed E-state index contributed by atoms with van der Waals surface area (Å²) in [5, 5.41) is 0. The Morgan fingerprint density at radius 2 is 1.76 bits per heavy atom. The largest absolute Gasteiger partial charge is 0.417 e. The van der Waals surface area contributed by atoms with Crippen LogP contribution in [0.2, 0.25) is 0 Å². The van der Waals surface area contributed by atoms with Gasteiger partial charge in [-0.25, -0.2) is 9.97 Å². The third-order valence-corrected chi connectivity index (χ3v) is 4.19. The van der Waals surface area contributed by atoms with E-state index in [1.807, 2.05) is 0 Å². The first-order chi connectivity index (χ1) is 11.8. The highest BCUT2D eigenvalue weighted by atomic mass is 79.9. The van der Waals surface area contributed by atoms with E-state index < -0.39 is 17.3 Å². The molecule has 0 amide bonds. The topological polar surface area (TPSA) is 51.7 Å². The lowest BCUT2D eigenvalue weighted by Crippen LogP contribution is -2.19. The van der Waals surface area contributed by atoms with Gasteiger partial charge < -0.3 is 4.40 Å². The number of alkyl halides is 3. The molecule has 4 rings (SSSR count). The van der Waals surface area contributed by atoms with Crippen LogP contribution in [0.5, 0.6) is 0 Å². The Balaban J connectivity index is 1.94. The minimum atomic E-state index is -4.54. The van der Waals surface area contributed by atoms with Crippen LogP contribution in [-0.2, 0) is 6.18 Å². The molecule has 0 N–H and O–H groups in total. The fourth-order valence-electron chi connectivity index (χ4n) is 2.51. The van der Waals surface area contributed by atoms with Crippen molar-refractivity contribution in [3.8, 4) is 11.3 Å². The lowest BCUT2D eigenvalue weighted by molar-refractivity contribution is -0.137. The first-order valence-corrected chi connectivity index (χ1v) is 7.85. The van der Waals surface area contributed by atoms with Crippen LogP contribution >= 0.6 is 15.9 Å². The van der Waals surface area contributed by atoms with Crippen molar-refractivity contribution in [3.05, 3.63) is 69.4 Å². The smallest absolute Gasteiger partial charge is 0.305 e. The molecule has 0 fully saturated rings. The van der Waals surface area contributed by atoms with Crippen molar-refractivity contribution in [2.75, 3.05) is 0 Å². The molecular weight excluding hydrogens is 401 g/mol. The number of aromatic nitrogens is 4. The van der Waals surface area contributed by atoms with Gasteiger partial charge in [0, 0.05) is 29.3 Å². The van der Waals surface area contributed by atoms with Gasteiger partial charge in [-0.3, -0.25) is 9.20 Å². The molecule has 0 bridgehead atoms. The molecule has 0 aromatic carbocycles. The van der Waals surface area contributed by atoms with Crippen molar-refractivity contribution in [1.29, 1.82) is 0 Å². The summed E-state index contributed by atoms with van der Waals surface area (Å²) >= 11 is 3.34. The number of hydrogen-bond acceptors (Lipinski definition) is 3. The van der Waals surface area contributed by atoms with Gasteiger partial charge in [-0.15, -0.1) is 0 Å². The molecule has 0 saturated heterocycles. The summed E-state index contributed by atoms with van der Waals surface area (Å²) < 4.78 is 42.1. The first-order valence-electron chi connectivity index (χ1n) is 7.06. The summed E-state index contributed by atoms with van der Waals surface area (Å²) in [6.07, 6.45) is 0.916. The van der Waals surface area contributed by atoms with Crippen molar-refractivity contribution in [3.63, 3.8) is 0 Å². The average Bonchev–Trinajstić information content (AvgIpc) is 2.96. The van der Waals surface area contributed by atoms with Crippen molar-refractivity contribution in [1.82, 2.24) is 18.8 Å². The van der Waals surface area contributed by atoms with E-state index in [9.17, 15) is 18.0 Å². The molecular formula is C16H8BrF3N4O. The van der Waals surface area contributed by atoms with Crippen LogP contribution in [0.25, 0.3) is 22.6 Å². The third-order valence-electron chi connectivity index (χ3n) is 3.72. The molecule has 4 aromatic rings. The van der Waals surface area contributed by atoms with E-state index in [0.29, 0.717) is 11.3 Å². The molecule has 0 aliphatic rings. The molecule has 0 aliphatic carbocycles. The third kappa shape index (κ3) is 2.70. The Labute approximate surface area is 146 Å². The second kappa shape index (κ2) is 5.41. The van der Waals surface area contributed by atoms with E-state index in [-0.39, 0.29) is 11.2 Å². The molecule has 4 heterocycles. The first kappa shape index (κ1) is 15.8. The molecule has 0 unspecified atom stereocenters. The zero-order valence-electron chi connectivity index (χ0n) is 12.3. The Morgan fingerprint density at radius 1 is 1.00 bits per heavy atom. The Bertz CT molecular complexity index is 1180. The van der Waals surface area contributed by atoms with Crippen LogP contribution in [0.3, 0.4) is 0 Å². The van der Waals surface area contributed by atoms with Gasteiger partial charge in [-0.05, 0) is 40.2 Å². The maximum Gasteiger partial charge on any atom is 0.417 e. The van der Waals surface area contributed by atoms with Gasteiger partial charge >= 0.3 is 6.18 Å². The van der Waals surface area contributed by atoms with Crippen LogP contribution in [0.1, 0.15) is 5.56 Å². The summed E-state index contributed by atoms with van der Waals surface area (Å²) in [5.41, 5.74) is -0.336. The van der Waals surface area contributed by atoms with E-state index in [4.69, 9.17) is 0 Å². The van der Waals surface area contributed by atoms with Crippen LogP contribution in [0.15, 0.2) is 58.3 Å². The zero-order valence-corrected chi connectivity index (χ0v) is 13.9. The lowest BCUT2D eigenvalue weighted by Gasteiger charge is -2.08. The minimum absolute atomic E-state index is 0.122. The molecule has 4 aromatic heterocycles. The van der Waals surface area contributed by atoms with Crippen molar-refractivity contribution < 1.29 is 13.2 Å². The fraction of sp³-hybridized carbons (Fsp3) is 0.0625. The standard InChI is InChI=1S/C16H8BrF3N4O/c17-10-2-4-14-22-12(8-23(14)7-10)11-5-21-13-3-1-9(16(18,19)20)6-24(13)15(11)25/h1-8H. The molecule has 0 saturated carbocycles. The fourth-order valence-corrected chi connectivity index (χ4v) is 2.87. The van der Waals surface area contributed by atoms with E-state index >= 15 is 0 Å². The van der Waals surface area contributed by atoms with Gasteiger partial charge in [0.25, 0.3) is 5.56 Å². The Hall–Kier alpha value is -2.68. The van der Waals surface area contributed by atoms with Crippen LogP contribution in [-0.4, -0.2) is 18.8 Å². The predicted molar refractivity (Wildman–Crippen MR) is 88.4 cm³/mol.